The Kier molecular flexibility index (Phi) is 11.2. The van der Waals surface area contributed by atoms with Gasteiger partial charge in [-0.15, -0.1) is 5.10 Å². The number of fused-ring (bicyclic) bond motifs is 2. The highest BCUT2D eigenvalue weighted by Gasteiger charge is 2.59. The molecule has 0 spiro atoms. The molecule has 5 atom stereocenters. The van der Waals surface area contributed by atoms with E-state index >= 15 is 0 Å². The zero-order valence-corrected chi connectivity index (χ0v) is 18.5. The lowest BCUT2D eigenvalue weighted by atomic mass is 9.88. The van der Waals surface area contributed by atoms with Crippen molar-refractivity contribution in [3.05, 3.63) is 11.9 Å². The molecule has 0 aliphatic carbocycles. The van der Waals surface area contributed by atoms with E-state index in [1.807, 2.05) is 0 Å². The number of nitrogens with two attached hydrogens (primary N) is 1. The number of carboxylic acids is 1. The van der Waals surface area contributed by atoms with Gasteiger partial charge in [-0.25, -0.2) is 9.48 Å². The molecule has 35 heavy (non-hydrogen) atoms. The number of aromatic nitrogens is 3. The van der Waals surface area contributed by atoms with E-state index in [9.17, 15) is 28.5 Å². The van der Waals surface area contributed by atoms with Crippen molar-refractivity contribution in [1.82, 2.24) is 15.0 Å². The number of alkyl halides is 3. The summed E-state index contributed by atoms with van der Waals surface area (Å²) in [4.78, 5) is 8.90. The van der Waals surface area contributed by atoms with Crippen molar-refractivity contribution in [3.8, 4) is 0 Å². The van der Waals surface area contributed by atoms with Crippen LogP contribution in [0.5, 0.6) is 0 Å². The fourth-order valence-electron chi connectivity index (χ4n) is 3.19. The van der Waals surface area contributed by atoms with E-state index < -0.39 is 48.9 Å². The van der Waals surface area contributed by atoms with E-state index in [-0.39, 0.29) is 13.2 Å². The van der Waals surface area contributed by atoms with E-state index in [1.165, 1.54) is 4.68 Å². The zero-order chi connectivity index (χ0) is 26.1. The summed E-state index contributed by atoms with van der Waals surface area (Å²) in [6.45, 7) is 2.51. The number of ether oxygens (including phenoxy) is 5. The molecule has 17 heteroatoms. The molecule has 0 aromatic carbocycles. The number of aliphatic carboxylic acids is 1. The molecule has 0 amide bonds. The predicted molar refractivity (Wildman–Crippen MR) is 106 cm³/mol. The average molecular weight is 518 g/mol. The van der Waals surface area contributed by atoms with E-state index in [4.69, 9.17) is 39.3 Å². The van der Waals surface area contributed by atoms with Crippen molar-refractivity contribution < 1.29 is 62.1 Å². The van der Waals surface area contributed by atoms with Gasteiger partial charge in [0.1, 0.15) is 29.5 Å². The van der Waals surface area contributed by atoms with Gasteiger partial charge < -0.3 is 49.8 Å². The summed E-state index contributed by atoms with van der Waals surface area (Å²) in [6.07, 6.45) is -6.86. The van der Waals surface area contributed by atoms with Crippen LogP contribution in [0.4, 0.5) is 13.2 Å². The number of carboxylic acid groups (broad SMARTS) is 1. The minimum Gasteiger partial charge on any atom is -0.475 e. The maximum Gasteiger partial charge on any atom is 0.490 e. The number of halogens is 3. The Morgan fingerprint density at radius 1 is 1.20 bits per heavy atom. The molecule has 0 saturated carbocycles. The second-order valence-corrected chi connectivity index (χ2v) is 7.50. The lowest BCUT2D eigenvalue weighted by Crippen LogP contribution is -2.60. The number of hydrogen-bond acceptors (Lipinski definition) is 12. The maximum absolute atomic E-state index is 10.6. The highest BCUT2D eigenvalue weighted by molar-refractivity contribution is 5.73. The quantitative estimate of drug-likeness (QED) is 0.187. The monoisotopic (exact) mass is 518 g/mol. The van der Waals surface area contributed by atoms with Gasteiger partial charge in [-0.05, 0) is 0 Å². The van der Waals surface area contributed by atoms with Crippen LogP contribution in [0.3, 0.4) is 0 Å². The molecule has 6 N–H and O–H groups in total. The van der Waals surface area contributed by atoms with Crippen LogP contribution in [0.15, 0.2) is 6.20 Å². The molecule has 0 radical (unpaired) electrons. The highest BCUT2D eigenvalue weighted by atomic mass is 19.4. The molecule has 2 saturated heterocycles. The van der Waals surface area contributed by atoms with Crippen molar-refractivity contribution >= 4 is 5.97 Å². The van der Waals surface area contributed by atoms with Crippen LogP contribution in [0.1, 0.15) is 11.7 Å². The van der Waals surface area contributed by atoms with E-state index in [0.29, 0.717) is 45.3 Å². The van der Waals surface area contributed by atoms with Crippen LogP contribution in [-0.2, 0) is 35.1 Å². The first kappa shape index (κ1) is 29.3. The lowest BCUT2D eigenvalue weighted by molar-refractivity contribution is -0.244. The lowest BCUT2D eigenvalue weighted by Gasteiger charge is -2.41. The largest absolute Gasteiger partial charge is 0.490 e. The Hall–Kier alpha value is -1.96. The Balaban J connectivity index is 0.000000540. The molecule has 1 aromatic heterocycles. The fourth-order valence-corrected chi connectivity index (χ4v) is 3.19. The second kappa shape index (κ2) is 13.4. The SMILES string of the molecule is NCCOCCOCCOCc1cn([C@H]2[C@H]3OC[C@](CO)(O3)[C@H](O)[C@@H]2O)nn1.O=C(O)C(F)(F)F. The molecular weight excluding hydrogens is 489 g/mol. The smallest absolute Gasteiger partial charge is 0.475 e. The minimum absolute atomic E-state index is 0.00911. The highest BCUT2D eigenvalue weighted by Crippen LogP contribution is 2.41. The molecule has 2 bridgehead atoms. The van der Waals surface area contributed by atoms with Crippen LogP contribution in [0, 0.1) is 0 Å². The molecule has 2 aliphatic heterocycles. The number of aliphatic hydroxyl groups is 3. The summed E-state index contributed by atoms with van der Waals surface area (Å²) in [5.74, 6) is -2.76. The third-order valence-electron chi connectivity index (χ3n) is 4.96. The summed E-state index contributed by atoms with van der Waals surface area (Å²) in [6, 6.07) is -0.782. The molecule has 2 aliphatic rings. The van der Waals surface area contributed by atoms with Gasteiger partial charge in [-0.1, -0.05) is 5.21 Å². The molecule has 1 aromatic rings. The summed E-state index contributed by atoms with van der Waals surface area (Å²) in [5, 5.41) is 45.4. The van der Waals surface area contributed by atoms with Crippen LogP contribution in [0.2, 0.25) is 0 Å². The summed E-state index contributed by atoms with van der Waals surface area (Å²) in [7, 11) is 0. The number of nitrogens with zero attached hydrogens (tertiary/aromatic N) is 3. The fraction of sp³-hybridized carbons (Fsp3) is 0.833. The molecule has 3 heterocycles. The van der Waals surface area contributed by atoms with Gasteiger partial charge in [0.25, 0.3) is 0 Å². The van der Waals surface area contributed by atoms with Crippen LogP contribution in [-0.4, -0.2) is 124 Å². The van der Waals surface area contributed by atoms with E-state index in [0.717, 1.165) is 0 Å². The van der Waals surface area contributed by atoms with Gasteiger partial charge in [0.2, 0.25) is 0 Å². The van der Waals surface area contributed by atoms with Gasteiger partial charge in [0.05, 0.1) is 59.1 Å². The molecule has 14 nitrogen and oxygen atoms in total. The molecule has 2 fully saturated rings. The van der Waals surface area contributed by atoms with Crippen molar-refractivity contribution in [2.24, 2.45) is 5.73 Å². The Labute approximate surface area is 197 Å². The van der Waals surface area contributed by atoms with Crippen LogP contribution < -0.4 is 5.73 Å². The summed E-state index contributed by atoms with van der Waals surface area (Å²) < 4.78 is 60.2. The Bertz CT molecular complexity index is 786. The van der Waals surface area contributed by atoms with Gasteiger partial charge in [0.15, 0.2) is 6.29 Å². The maximum atomic E-state index is 10.6. The van der Waals surface area contributed by atoms with Gasteiger partial charge >= 0.3 is 12.1 Å². The third-order valence-corrected chi connectivity index (χ3v) is 4.96. The van der Waals surface area contributed by atoms with E-state index in [2.05, 4.69) is 10.3 Å². The number of carbonyl (C=O) groups is 1. The first-order valence-electron chi connectivity index (χ1n) is 10.5. The third kappa shape index (κ3) is 8.02. The van der Waals surface area contributed by atoms with E-state index in [1.54, 1.807) is 6.20 Å². The normalized spacial score (nSPS) is 28.0. The first-order chi connectivity index (χ1) is 16.6. The van der Waals surface area contributed by atoms with Crippen molar-refractivity contribution in [2.45, 2.75) is 42.9 Å². The molecule has 202 valence electrons. The van der Waals surface area contributed by atoms with Gasteiger partial charge in [-0.3, -0.25) is 0 Å². The topological polar surface area (TPSA) is 201 Å². The summed E-state index contributed by atoms with van der Waals surface area (Å²) >= 11 is 0. The van der Waals surface area contributed by atoms with Gasteiger partial charge in [0, 0.05) is 6.54 Å². The molecular formula is C18H29F3N4O10. The van der Waals surface area contributed by atoms with Gasteiger partial charge in [-0.2, -0.15) is 13.2 Å². The van der Waals surface area contributed by atoms with Crippen molar-refractivity contribution in [2.75, 3.05) is 52.8 Å². The predicted octanol–water partition coefficient (Wildman–Crippen LogP) is -2.20. The number of rotatable bonds is 12. The van der Waals surface area contributed by atoms with Crippen molar-refractivity contribution in [1.29, 1.82) is 0 Å². The second-order valence-electron chi connectivity index (χ2n) is 7.50. The summed E-state index contributed by atoms with van der Waals surface area (Å²) in [5.41, 5.74) is 4.55. The zero-order valence-electron chi connectivity index (χ0n) is 18.5. The molecule has 0 unspecified atom stereocenters. The first-order valence-corrected chi connectivity index (χ1v) is 10.5. The van der Waals surface area contributed by atoms with Crippen molar-refractivity contribution in [3.63, 3.8) is 0 Å². The standard InChI is InChI=1S/C16H28N4O8.C2HF3O2/c17-1-2-24-3-4-25-5-6-26-8-11-7-20(19-18-11)12-13(22)14(23)16(9-21)10-27-15(12)28-16;3-2(4,5)1(6)7/h7,12-15,21-23H,1-6,8-10,17H2;(H,6,7)/t12-,13-,14-,15+,16+;/m1./s1. The number of aliphatic hydroxyl groups excluding tert-OH is 3. The van der Waals surface area contributed by atoms with Crippen LogP contribution >= 0.6 is 0 Å². The average Bonchev–Trinajstić information content (AvgIpc) is 3.43. The van der Waals surface area contributed by atoms with Crippen LogP contribution in [0.25, 0.3) is 0 Å². The Morgan fingerprint density at radius 2 is 1.80 bits per heavy atom. The number of hydrogen-bond donors (Lipinski definition) is 5. The minimum atomic E-state index is -5.08. The Morgan fingerprint density at radius 3 is 2.37 bits per heavy atom. The molecule has 3 rings (SSSR count).